The van der Waals surface area contributed by atoms with Crippen molar-refractivity contribution in [2.75, 3.05) is 19.0 Å². The number of fused-ring (bicyclic) bond motifs is 1. The van der Waals surface area contributed by atoms with E-state index in [-0.39, 0.29) is 5.91 Å². The summed E-state index contributed by atoms with van der Waals surface area (Å²) in [6.07, 6.45) is 2.45. The van der Waals surface area contributed by atoms with E-state index in [0.29, 0.717) is 34.3 Å². The van der Waals surface area contributed by atoms with E-state index in [1.165, 1.54) is 11.3 Å². The zero-order valence-electron chi connectivity index (χ0n) is 16.0. The van der Waals surface area contributed by atoms with Crippen molar-refractivity contribution in [1.82, 2.24) is 19.8 Å². The molecule has 0 aliphatic carbocycles. The molecule has 1 N–H and O–H groups in total. The molecule has 0 fully saturated rings. The molecule has 148 valence electrons. The summed E-state index contributed by atoms with van der Waals surface area (Å²) in [6, 6.07) is 12.6. The molecule has 0 aliphatic heterocycles. The van der Waals surface area contributed by atoms with Crippen molar-refractivity contribution < 1.29 is 14.3 Å². The topological polar surface area (TPSA) is 90.6 Å². The van der Waals surface area contributed by atoms with Gasteiger partial charge >= 0.3 is 0 Å². The number of amides is 1. The van der Waals surface area contributed by atoms with Crippen LogP contribution in [-0.2, 0) is 0 Å². The first kappa shape index (κ1) is 18.9. The highest BCUT2D eigenvalue weighted by molar-refractivity contribution is 7.19. The molecule has 0 atom stereocenters. The third-order valence-electron chi connectivity index (χ3n) is 4.15. The maximum absolute atomic E-state index is 12.8. The number of hydrogen-bond donors (Lipinski definition) is 1. The smallest absolute Gasteiger partial charge is 0.255 e. The average Bonchev–Trinajstić information content (AvgIpc) is 3.35. The molecular weight excluding hydrogens is 390 g/mol. The standard InChI is InChI=1S/C20H19N5O3S/c1-3-9-28-15-6-4-5-13(10-15)18(26)22-16-11-14(7-8-17(16)27-2)19-24-25-12-21-23-20(25)29-19/h4-8,10-12H,3,9H2,1-2H3,(H,22,26). The second-order valence-corrected chi connectivity index (χ2v) is 7.17. The largest absolute Gasteiger partial charge is 0.495 e. The molecule has 2 aromatic carbocycles. The molecule has 8 nitrogen and oxygen atoms in total. The molecule has 2 heterocycles. The number of carbonyl (C=O) groups is 1. The minimum Gasteiger partial charge on any atom is -0.495 e. The fourth-order valence-corrected chi connectivity index (χ4v) is 3.57. The Balaban J connectivity index is 1.60. The Bertz CT molecular complexity index is 1130. The molecule has 1 amide bonds. The van der Waals surface area contributed by atoms with Crippen LogP contribution in [0.15, 0.2) is 48.8 Å². The molecule has 0 radical (unpaired) electrons. The lowest BCUT2D eigenvalue weighted by atomic mass is 10.1. The Morgan fingerprint density at radius 2 is 2.14 bits per heavy atom. The molecule has 0 aliphatic rings. The summed E-state index contributed by atoms with van der Waals surface area (Å²) in [5.41, 5.74) is 1.90. The van der Waals surface area contributed by atoms with Crippen LogP contribution in [0.4, 0.5) is 5.69 Å². The van der Waals surface area contributed by atoms with Crippen molar-refractivity contribution in [2.24, 2.45) is 0 Å². The van der Waals surface area contributed by atoms with Gasteiger partial charge in [0.2, 0.25) is 4.96 Å². The van der Waals surface area contributed by atoms with Crippen LogP contribution in [0.2, 0.25) is 0 Å². The van der Waals surface area contributed by atoms with E-state index < -0.39 is 0 Å². The van der Waals surface area contributed by atoms with Gasteiger partial charge in [-0.2, -0.15) is 9.61 Å². The fraction of sp³-hybridized carbons (Fsp3) is 0.200. The molecule has 2 aromatic heterocycles. The molecular formula is C20H19N5O3S. The summed E-state index contributed by atoms with van der Waals surface area (Å²) in [7, 11) is 1.56. The van der Waals surface area contributed by atoms with Crippen LogP contribution < -0.4 is 14.8 Å². The van der Waals surface area contributed by atoms with Crippen molar-refractivity contribution >= 4 is 27.9 Å². The third kappa shape index (κ3) is 4.04. The van der Waals surface area contributed by atoms with Gasteiger partial charge in [-0.25, -0.2) is 0 Å². The van der Waals surface area contributed by atoms with Crippen LogP contribution in [0.1, 0.15) is 23.7 Å². The molecule has 0 saturated carbocycles. The van der Waals surface area contributed by atoms with E-state index >= 15 is 0 Å². The number of nitrogens with zero attached hydrogens (tertiary/aromatic N) is 4. The van der Waals surface area contributed by atoms with Gasteiger partial charge in [-0.15, -0.1) is 10.2 Å². The first-order valence-corrected chi connectivity index (χ1v) is 9.89. The first-order valence-electron chi connectivity index (χ1n) is 9.07. The van der Waals surface area contributed by atoms with Crippen LogP contribution in [-0.4, -0.2) is 39.4 Å². The number of benzene rings is 2. The van der Waals surface area contributed by atoms with Crippen LogP contribution in [0.3, 0.4) is 0 Å². The van der Waals surface area contributed by atoms with Crippen molar-refractivity contribution in [3.63, 3.8) is 0 Å². The van der Waals surface area contributed by atoms with Gasteiger partial charge in [-0.05, 0) is 42.8 Å². The van der Waals surface area contributed by atoms with Crippen molar-refractivity contribution in [2.45, 2.75) is 13.3 Å². The molecule has 0 spiro atoms. The number of hydrogen-bond acceptors (Lipinski definition) is 7. The highest BCUT2D eigenvalue weighted by Crippen LogP contribution is 2.33. The van der Waals surface area contributed by atoms with Gasteiger partial charge in [-0.1, -0.05) is 24.3 Å². The number of rotatable bonds is 7. The van der Waals surface area contributed by atoms with E-state index in [1.807, 2.05) is 25.1 Å². The minimum atomic E-state index is -0.249. The average molecular weight is 409 g/mol. The quantitative estimate of drug-likeness (QED) is 0.498. The van der Waals surface area contributed by atoms with Crippen LogP contribution >= 0.6 is 11.3 Å². The monoisotopic (exact) mass is 409 g/mol. The molecule has 0 unspecified atom stereocenters. The van der Waals surface area contributed by atoms with Gasteiger partial charge in [0.1, 0.15) is 22.8 Å². The van der Waals surface area contributed by atoms with Gasteiger partial charge < -0.3 is 14.8 Å². The van der Waals surface area contributed by atoms with E-state index in [9.17, 15) is 4.79 Å². The number of ether oxygens (including phenoxy) is 2. The van der Waals surface area contributed by atoms with Crippen molar-refractivity contribution in [1.29, 1.82) is 0 Å². The zero-order chi connectivity index (χ0) is 20.2. The summed E-state index contributed by atoms with van der Waals surface area (Å²) in [5, 5.41) is 16.0. The third-order valence-corrected chi connectivity index (χ3v) is 5.11. The lowest BCUT2D eigenvalue weighted by molar-refractivity contribution is 0.102. The molecule has 4 aromatic rings. The van der Waals surface area contributed by atoms with Crippen molar-refractivity contribution in [3.05, 3.63) is 54.4 Å². The van der Waals surface area contributed by atoms with E-state index in [1.54, 1.807) is 42.2 Å². The maximum atomic E-state index is 12.8. The maximum Gasteiger partial charge on any atom is 0.255 e. The predicted octanol–water partition coefficient (Wildman–Crippen LogP) is 3.90. The second-order valence-electron chi connectivity index (χ2n) is 6.21. The summed E-state index contributed by atoms with van der Waals surface area (Å²) < 4.78 is 12.6. The number of methoxy groups -OCH3 is 1. The highest BCUT2D eigenvalue weighted by atomic mass is 32.1. The normalized spacial score (nSPS) is 10.8. The minimum absolute atomic E-state index is 0.249. The van der Waals surface area contributed by atoms with Gasteiger partial charge in [0, 0.05) is 11.1 Å². The number of carbonyl (C=O) groups excluding carboxylic acids is 1. The molecule has 0 bridgehead atoms. The molecule has 4 rings (SSSR count). The van der Waals surface area contributed by atoms with Crippen molar-refractivity contribution in [3.8, 4) is 22.1 Å². The first-order chi connectivity index (χ1) is 14.2. The summed E-state index contributed by atoms with van der Waals surface area (Å²) >= 11 is 1.41. The number of anilines is 1. The Labute approximate surface area is 171 Å². The van der Waals surface area contributed by atoms with Gasteiger partial charge in [0.05, 0.1) is 19.4 Å². The van der Waals surface area contributed by atoms with Crippen LogP contribution in [0.5, 0.6) is 11.5 Å². The summed E-state index contributed by atoms with van der Waals surface area (Å²) in [6.45, 7) is 2.64. The van der Waals surface area contributed by atoms with Gasteiger partial charge in [-0.3, -0.25) is 4.79 Å². The molecule has 29 heavy (non-hydrogen) atoms. The Kier molecular flexibility index (Phi) is 5.39. The second kappa shape index (κ2) is 8.27. The Hall–Kier alpha value is -3.46. The van der Waals surface area contributed by atoms with E-state index in [0.717, 1.165) is 17.0 Å². The fourth-order valence-electron chi connectivity index (χ4n) is 2.76. The van der Waals surface area contributed by atoms with E-state index in [4.69, 9.17) is 9.47 Å². The van der Waals surface area contributed by atoms with Crippen LogP contribution in [0, 0.1) is 0 Å². The molecule has 9 heteroatoms. The predicted molar refractivity (Wildman–Crippen MR) is 111 cm³/mol. The van der Waals surface area contributed by atoms with Gasteiger partial charge in [0.25, 0.3) is 5.91 Å². The lowest BCUT2D eigenvalue weighted by Crippen LogP contribution is -2.13. The SMILES string of the molecule is CCCOc1cccc(C(=O)Nc2cc(-c3nn4cnnc4s3)ccc2OC)c1. The Morgan fingerprint density at radius 3 is 2.93 bits per heavy atom. The number of nitrogens with one attached hydrogen (secondary N) is 1. The summed E-state index contributed by atoms with van der Waals surface area (Å²) in [4.78, 5) is 13.5. The van der Waals surface area contributed by atoms with E-state index in [2.05, 4.69) is 20.6 Å². The van der Waals surface area contributed by atoms with Crippen LogP contribution in [0.25, 0.3) is 15.5 Å². The Morgan fingerprint density at radius 1 is 1.24 bits per heavy atom. The zero-order valence-corrected chi connectivity index (χ0v) is 16.8. The summed E-state index contributed by atoms with van der Waals surface area (Å²) in [5.74, 6) is 0.976. The number of aromatic nitrogens is 4. The lowest BCUT2D eigenvalue weighted by Gasteiger charge is -2.12. The van der Waals surface area contributed by atoms with Gasteiger partial charge in [0.15, 0.2) is 0 Å². The highest BCUT2D eigenvalue weighted by Gasteiger charge is 2.14. The molecule has 0 saturated heterocycles.